The summed E-state index contributed by atoms with van der Waals surface area (Å²) in [4.78, 5) is 11.4. The number of hydrogen-bond donors (Lipinski definition) is 1. The van der Waals surface area contributed by atoms with E-state index in [0.717, 1.165) is 18.7 Å². The molecule has 1 aromatic rings. The van der Waals surface area contributed by atoms with Gasteiger partial charge in [0.15, 0.2) is 0 Å². The molecule has 0 saturated carbocycles. The fourth-order valence-corrected chi connectivity index (χ4v) is 1.61. The number of hydrogen-bond acceptors (Lipinski definition) is 1. The zero-order valence-corrected chi connectivity index (χ0v) is 8.00. The molecule has 1 N–H and O–H groups in total. The van der Waals surface area contributed by atoms with Crippen LogP contribution < -0.4 is 5.32 Å². The van der Waals surface area contributed by atoms with Crippen molar-refractivity contribution < 1.29 is 4.79 Å². The lowest BCUT2D eigenvalue weighted by molar-refractivity contribution is 0.239. The van der Waals surface area contributed by atoms with Gasteiger partial charge in [-0.25, -0.2) is 4.79 Å². The van der Waals surface area contributed by atoms with Crippen LogP contribution in [0.1, 0.15) is 31.0 Å². The van der Waals surface area contributed by atoms with E-state index in [4.69, 9.17) is 0 Å². The number of nitrogens with one attached hydrogen (secondary N) is 1. The van der Waals surface area contributed by atoms with Gasteiger partial charge in [0.1, 0.15) is 0 Å². The molecule has 0 radical (unpaired) electrons. The Kier molecular flexibility index (Phi) is 1.87. The Labute approximate surface area is 77.7 Å². The van der Waals surface area contributed by atoms with Crippen molar-refractivity contribution in [3.8, 4) is 0 Å². The number of carbonyl (C=O) groups excluding carboxylic acids is 1. The molecule has 1 aliphatic rings. The fourth-order valence-electron chi connectivity index (χ4n) is 1.61. The number of aromatic nitrogens is 1. The molecule has 0 bridgehead atoms. The van der Waals surface area contributed by atoms with Crippen LogP contribution in [0.2, 0.25) is 0 Å². The van der Waals surface area contributed by atoms with Crippen LogP contribution in [-0.2, 0) is 6.42 Å². The van der Waals surface area contributed by atoms with E-state index < -0.39 is 0 Å². The summed E-state index contributed by atoms with van der Waals surface area (Å²) < 4.78 is 1.72. The first-order valence-corrected chi connectivity index (χ1v) is 4.68. The molecule has 1 aliphatic heterocycles. The lowest BCUT2D eigenvalue weighted by atomic mass is 10.1. The molecule has 0 unspecified atom stereocenters. The van der Waals surface area contributed by atoms with Gasteiger partial charge < -0.3 is 5.32 Å². The summed E-state index contributed by atoms with van der Waals surface area (Å²) in [6.07, 6.45) is 2.88. The second kappa shape index (κ2) is 2.91. The minimum absolute atomic E-state index is 0.00755. The summed E-state index contributed by atoms with van der Waals surface area (Å²) in [6.45, 7) is 5.04. The second-order valence-corrected chi connectivity index (χ2v) is 3.77. The first-order valence-electron chi connectivity index (χ1n) is 4.68. The summed E-state index contributed by atoms with van der Waals surface area (Å²) in [7, 11) is 0. The van der Waals surface area contributed by atoms with Crippen LogP contribution in [0.5, 0.6) is 0 Å². The highest BCUT2D eigenvalue weighted by atomic mass is 16.2. The smallest absolute Gasteiger partial charge is 0.325 e. The molecular weight excluding hydrogens is 164 g/mol. The monoisotopic (exact) mass is 178 g/mol. The molecule has 1 amide bonds. The van der Waals surface area contributed by atoms with Crippen LogP contribution in [0.4, 0.5) is 4.79 Å². The number of carbonyl (C=O) groups is 1. The van der Waals surface area contributed by atoms with Crippen LogP contribution in [0.15, 0.2) is 12.3 Å². The molecule has 2 rings (SSSR count). The van der Waals surface area contributed by atoms with E-state index in [1.165, 1.54) is 5.56 Å². The Morgan fingerprint density at radius 1 is 1.54 bits per heavy atom. The summed E-state index contributed by atoms with van der Waals surface area (Å²) >= 11 is 0. The molecule has 3 heteroatoms. The van der Waals surface area contributed by atoms with Crippen molar-refractivity contribution in [1.29, 1.82) is 0 Å². The zero-order valence-electron chi connectivity index (χ0n) is 8.00. The average Bonchev–Trinajstić information content (AvgIpc) is 2.49. The third-order valence-electron chi connectivity index (χ3n) is 2.46. The van der Waals surface area contributed by atoms with E-state index in [-0.39, 0.29) is 6.03 Å². The first-order chi connectivity index (χ1) is 6.18. The molecule has 1 aromatic heterocycles. The van der Waals surface area contributed by atoms with Gasteiger partial charge in [-0.1, -0.05) is 13.8 Å². The maximum absolute atomic E-state index is 11.4. The number of nitrogens with zero attached hydrogens (tertiary/aromatic N) is 1. The van der Waals surface area contributed by atoms with Gasteiger partial charge in [0.05, 0.1) is 0 Å². The lowest BCUT2D eigenvalue weighted by Gasteiger charge is -2.14. The largest absolute Gasteiger partial charge is 0.337 e. The van der Waals surface area contributed by atoms with E-state index in [2.05, 4.69) is 25.2 Å². The molecule has 0 aliphatic carbocycles. The topological polar surface area (TPSA) is 34.0 Å². The van der Waals surface area contributed by atoms with Crippen LogP contribution in [0.25, 0.3) is 0 Å². The van der Waals surface area contributed by atoms with Gasteiger partial charge in [-0.2, -0.15) is 0 Å². The van der Waals surface area contributed by atoms with Gasteiger partial charge in [-0.3, -0.25) is 4.57 Å². The van der Waals surface area contributed by atoms with Gasteiger partial charge >= 0.3 is 6.03 Å². The Bertz CT molecular complexity index is 339. The number of rotatable bonds is 1. The van der Waals surface area contributed by atoms with Gasteiger partial charge in [-0.15, -0.1) is 0 Å². The average molecular weight is 178 g/mol. The van der Waals surface area contributed by atoms with Crippen molar-refractivity contribution in [1.82, 2.24) is 9.88 Å². The second-order valence-electron chi connectivity index (χ2n) is 3.77. The Morgan fingerprint density at radius 3 is 2.92 bits per heavy atom. The van der Waals surface area contributed by atoms with E-state index in [9.17, 15) is 4.79 Å². The molecule has 0 saturated heterocycles. The Morgan fingerprint density at radius 2 is 2.31 bits per heavy atom. The first kappa shape index (κ1) is 8.35. The minimum atomic E-state index is 0.00755. The van der Waals surface area contributed by atoms with E-state index in [1.807, 2.05) is 6.20 Å². The SMILES string of the molecule is CC(C)c1cc2n(c1)C(=O)NCC2. The van der Waals surface area contributed by atoms with Gasteiger partial charge in [0, 0.05) is 24.9 Å². The maximum atomic E-state index is 11.4. The zero-order chi connectivity index (χ0) is 9.42. The molecule has 0 atom stereocenters. The number of fused-ring (bicyclic) bond motifs is 1. The predicted molar refractivity (Wildman–Crippen MR) is 51.0 cm³/mol. The van der Waals surface area contributed by atoms with Crippen molar-refractivity contribution in [3.05, 3.63) is 23.5 Å². The van der Waals surface area contributed by atoms with E-state index in [0.29, 0.717) is 5.92 Å². The molecule has 70 valence electrons. The predicted octanol–water partition coefficient (Wildman–Crippen LogP) is 1.73. The van der Waals surface area contributed by atoms with Crippen molar-refractivity contribution in [2.45, 2.75) is 26.2 Å². The highest BCUT2D eigenvalue weighted by molar-refractivity contribution is 5.79. The summed E-state index contributed by atoms with van der Waals surface area (Å²) in [5, 5.41) is 2.81. The summed E-state index contributed by atoms with van der Waals surface area (Å²) in [5.41, 5.74) is 2.37. The van der Waals surface area contributed by atoms with Crippen molar-refractivity contribution >= 4 is 6.03 Å². The molecule has 3 nitrogen and oxygen atoms in total. The van der Waals surface area contributed by atoms with Crippen molar-refractivity contribution in [2.75, 3.05) is 6.54 Å². The summed E-state index contributed by atoms with van der Waals surface area (Å²) in [6, 6.07) is 2.14. The summed E-state index contributed by atoms with van der Waals surface area (Å²) in [5.74, 6) is 0.492. The van der Waals surface area contributed by atoms with E-state index in [1.54, 1.807) is 4.57 Å². The normalized spacial score (nSPS) is 15.8. The Hall–Kier alpha value is -1.25. The van der Waals surface area contributed by atoms with E-state index >= 15 is 0 Å². The van der Waals surface area contributed by atoms with Gasteiger partial charge in [-0.05, 0) is 17.5 Å². The third kappa shape index (κ3) is 1.34. The highest BCUT2D eigenvalue weighted by Gasteiger charge is 2.17. The molecule has 0 fully saturated rings. The van der Waals surface area contributed by atoms with Crippen molar-refractivity contribution in [2.24, 2.45) is 0 Å². The molecule has 0 aromatic carbocycles. The standard InChI is InChI=1S/C10H14N2O/c1-7(2)8-5-9-3-4-11-10(13)12(9)6-8/h5-7H,3-4H2,1-2H3,(H,11,13). The minimum Gasteiger partial charge on any atom is -0.337 e. The lowest BCUT2D eigenvalue weighted by Crippen LogP contribution is -2.35. The maximum Gasteiger partial charge on any atom is 0.325 e. The highest BCUT2D eigenvalue weighted by Crippen LogP contribution is 2.19. The molecule has 0 spiro atoms. The Balaban J connectivity index is 2.42. The third-order valence-corrected chi connectivity index (χ3v) is 2.46. The van der Waals surface area contributed by atoms with Gasteiger partial charge in [0.25, 0.3) is 0 Å². The van der Waals surface area contributed by atoms with Crippen LogP contribution in [0.3, 0.4) is 0 Å². The van der Waals surface area contributed by atoms with Crippen LogP contribution in [0, 0.1) is 0 Å². The fraction of sp³-hybridized carbons (Fsp3) is 0.500. The van der Waals surface area contributed by atoms with Gasteiger partial charge in [0.2, 0.25) is 0 Å². The van der Waals surface area contributed by atoms with Crippen molar-refractivity contribution in [3.63, 3.8) is 0 Å². The van der Waals surface area contributed by atoms with Crippen LogP contribution >= 0.6 is 0 Å². The quantitative estimate of drug-likeness (QED) is 0.698. The number of amides is 1. The molecule has 13 heavy (non-hydrogen) atoms. The molecule has 2 heterocycles. The van der Waals surface area contributed by atoms with Crippen LogP contribution in [-0.4, -0.2) is 17.1 Å². The molecular formula is C10H14N2O.